The molecule has 6 nitrogen and oxygen atoms in total. The Morgan fingerprint density at radius 1 is 1.25 bits per heavy atom. The minimum atomic E-state index is -4.62. The summed E-state index contributed by atoms with van der Waals surface area (Å²) < 4.78 is 53.1. The topological polar surface area (TPSA) is 80.0 Å². The SMILES string of the molecule is Cn1nc(C(F)(F)F)cc1-c1cnc(NC(=O)c2ccc(Cl)cc2F)c(O)c1. The van der Waals surface area contributed by atoms with Crippen molar-refractivity contribution in [3.63, 3.8) is 0 Å². The van der Waals surface area contributed by atoms with E-state index in [1.165, 1.54) is 13.1 Å². The van der Waals surface area contributed by atoms with Crippen molar-refractivity contribution < 1.29 is 27.5 Å². The highest BCUT2D eigenvalue weighted by atomic mass is 35.5. The third-order valence-corrected chi connectivity index (χ3v) is 3.98. The lowest BCUT2D eigenvalue weighted by Gasteiger charge is -2.09. The van der Waals surface area contributed by atoms with Crippen molar-refractivity contribution in [1.82, 2.24) is 14.8 Å². The van der Waals surface area contributed by atoms with Gasteiger partial charge in [-0.1, -0.05) is 11.6 Å². The van der Waals surface area contributed by atoms with Crippen LogP contribution in [0, 0.1) is 5.82 Å². The number of rotatable bonds is 3. The van der Waals surface area contributed by atoms with E-state index in [1.54, 1.807) is 0 Å². The van der Waals surface area contributed by atoms with Gasteiger partial charge in [0.2, 0.25) is 0 Å². The molecule has 0 saturated heterocycles. The molecule has 0 radical (unpaired) electrons. The van der Waals surface area contributed by atoms with Crippen LogP contribution in [0.5, 0.6) is 5.75 Å². The minimum Gasteiger partial charge on any atom is -0.504 e. The summed E-state index contributed by atoms with van der Waals surface area (Å²) in [4.78, 5) is 16.0. The van der Waals surface area contributed by atoms with Gasteiger partial charge in [-0.3, -0.25) is 9.48 Å². The highest BCUT2D eigenvalue weighted by Crippen LogP contribution is 2.33. The van der Waals surface area contributed by atoms with E-state index in [9.17, 15) is 27.5 Å². The molecular weight excluding hydrogens is 404 g/mol. The van der Waals surface area contributed by atoms with Gasteiger partial charge < -0.3 is 10.4 Å². The predicted octanol–water partition coefficient (Wildman–Crippen LogP) is 4.25. The van der Waals surface area contributed by atoms with Crippen molar-refractivity contribution in [2.75, 3.05) is 5.32 Å². The van der Waals surface area contributed by atoms with Crippen molar-refractivity contribution >= 4 is 23.3 Å². The quantitative estimate of drug-likeness (QED) is 0.628. The lowest BCUT2D eigenvalue weighted by Crippen LogP contribution is -2.14. The number of hydrogen-bond acceptors (Lipinski definition) is 4. The van der Waals surface area contributed by atoms with Gasteiger partial charge in [-0.25, -0.2) is 9.37 Å². The van der Waals surface area contributed by atoms with Gasteiger partial charge in [-0.05, 0) is 30.3 Å². The molecule has 0 aliphatic heterocycles. The maximum Gasteiger partial charge on any atom is 0.435 e. The maximum absolute atomic E-state index is 13.8. The van der Waals surface area contributed by atoms with Crippen LogP contribution in [-0.4, -0.2) is 25.8 Å². The molecule has 0 aliphatic rings. The molecular formula is C17H11ClF4N4O2. The number of aryl methyl sites for hydroxylation is 1. The van der Waals surface area contributed by atoms with E-state index >= 15 is 0 Å². The molecule has 3 rings (SSSR count). The molecule has 0 saturated carbocycles. The number of hydrogen-bond donors (Lipinski definition) is 2. The number of nitrogens with zero attached hydrogens (tertiary/aromatic N) is 3. The van der Waals surface area contributed by atoms with E-state index in [1.807, 2.05) is 0 Å². The second-order valence-corrected chi connectivity index (χ2v) is 6.14. The van der Waals surface area contributed by atoms with Gasteiger partial charge in [0.25, 0.3) is 5.91 Å². The van der Waals surface area contributed by atoms with Crippen LogP contribution in [0.25, 0.3) is 11.3 Å². The Morgan fingerprint density at radius 2 is 1.96 bits per heavy atom. The molecule has 0 fully saturated rings. The van der Waals surface area contributed by atoms with Gasteiger partial charge in [0.1, 0.15) is 5.82 Å². The predicted molar refractivity (Wildman–Crippen MR) is 92.5 cm³/mol. The van der Waals surface area contributed by atoms with Gasteiger partial charge in [0.05, 0.1) is 11.3 Å². The summed E-state index contributed by atoms with van der Waals surface area (Å²) >= 11 is 5.62. The number of pyridine rings is 1. The molecule has 0 unspecified atom stereocenters. The Labute approximate surface area is 160 Å². The first-order valence-corrected chi connectivity index (χ1v) is 8.01. The van der Waals surface area contributed by atoms with Crippen LogP contribution >= 0.6 is 11.6 Å². The van der Waals surface area contributed by atoms with Gasteiger partial charge in [-0.15, -0.1) is 0 Å². The largest absolute Gasteiger partial charge is 0.504 e. The second kappa shape index (κ2) is 7.12. The monoisotopic (exact) mass is 414 g/mol. The first-order valence-electron chi connectivity index (χ1n) is 7.63. The summed E-state index contributed by atoms with van der Waals surface area (Å²) in [6, 6.07) is 5.34. The summed E-state index contributed by atoms with van der Waals surface area (Å²) in [5.74, 6) is -2.56. The third kappa shape index (κ3) is 3.91. The highest BCUT2D eigenvalue weighted by molar-refractivity contribution is 6.30. The average Bonchev–Trinajstić information content (AvgIpc) is 2.98. The standard InChI is InChI=1S/C17H11ClF4N4O2/c1-26-12(6-14(25-26)17(20,21)22)8-4-13(27)15(23-7-8)24-16(28)10-3-2-9(18)5-11(10)19/h2-7,27H,1H3,(H,23,24,28). The molecule has 2 heterocycles. The van der Waals surface area contributed by atoms with E-state index in [2.05, 4.69) is 15.4 Å². The lowest BCUT2D eigenvalue weighted by atomic mass is 10.1. The normalized spacial score (nSPS) is 11.5. The van der Waals surface area contributed by atoms with Crippen LogP contribution < -0.4 is 5.32 Å². The van der Waals surface area contributed by atoms with Crippen LogP contribution in [-0.2, 0) is 13.2 Å². The van der Waals surface area contributed by atoms with Crippen LogP contribution in [0.3, 0.4) is 0 Å². The zero-order valence-corrected chi connectivity index (χ0v) is 14.8. The number of anilines is 1. The Kier molecular flexibility index (Phi) is 4.99. The van der Waals surface area contributed by atoms with Crippen molar-refractivity contribution in [3.8, 4) is 17.0 Å². The zero-order valence-electron chi connectivity index (χ0n) is 14.1. The van der Waals surface area contributed by atoms with Crippen molar-refractivity contribution in [2.45, 2.75) is 6.18 Å². The highest BCUT2D eigenvalue weighted by Gasteiger charge is 2.34. The number of halogens is 5. The first-order chi connectivity index (χ1) is 13.1. The van der Waals surface area contributed by atoms with Gasteiger partial charge in [-0.2, -0.15) is 18.3 Å². The summed E-state index contributed by atoms with van der Waals surface area (Å²) in [6.07, 6.45) is -3.48. The molecule has 2 N–H and O–H groups in total. The Balaban J connectivity index is 1.87. The fourth-order valence-electron chi connectivity index (χ4n) is 2.41. The van der Waals surface area contributed by atoms with E-state index in [0.717, 1.165) is 35.1 Å². The second-order valence-electron chi connectivity index (χ2n) is 5.71. The first kappa shape index (κ1) is 19.6. The molecule has 0 bridgehead atoms. The molecule has 1 amide bonds. The lowest BCUT2D eigenvalue weighted by molar-refractivity contribution is -0.141. The average molecular weight is 415 g/mol. The third-order valence-electron chi connectivity index (χ3n) is 3.74. The van der Waals surface area contributed by atoms with Crippen LogP contribution in [0.1, 0.15) is 16.1 Å². The molecule has 0 spiro atoms. The maximum atomic E-state index is 13.8. The van der Waals surface area contributed by atoms with Gasteiger partial charge in [0, 0.05) is 23.8 Å². The number of carbonyl (C=O) groups excluding carboxylic acids is 1. The Hall–Kier alpha value is -3.14. The number of benzene rings is 1. The van der Waals surface area contributed by atoms with Crippen molar-refractivity contribution in [2.24, 2.45) is 7.05 Å². The number of nitrogens with one attached hydrogen (secondary N) is 1. The zero-order chi connectivity index (χ0) is 20.6. The number of aromatic hydroxyl groups is 1. The van der Waals surface area contributed by atoms with E-state index in [4.69, 9.17) is 11.6 Å². The summed E-state index contributed by atoms with van der Waals surface area (Å²) in [5, 5.41) is 15.8. The fourth-order valence-corrected chi connectivity index (χ4v) is 2.57. The number of alkyl halides is 3. The van der Waals surface area contributed by atoms with E-state index in [0.29, 0.717) is 0 Å². The molecule has 146 valence electrons. The molecule has 11 heteroatoms. The Morgan fingerprint density at radius 3 is 2.54 bits per heavy atom. The summed E-state index contributed by atoms with van der Waals surface area (Å²) in [5.41, 5.74) is -1.23. The molecule has 0 aliphatic carbocycles. The smallest absolute Gasteiger partial charge is 0.435 e. The minimum absolute atomic E-state index is 0.0525. The summed E-state index contributed by atoms with van der Waals surface area (Å²) in [6.45, 7) is 0. The summed E-state index contributed by atoms with van der Waals surface area (Å²) in [7, 11) is 1.31. The molecule has 2 aromatic heterocycles. The Bertz CT molecular complexity index is 1070. The van der Waals surface area contributed by atoms with E-state index < -0.39 is 29.3 Å². The molecule has 1 aromatic carbocycles. The van der Waals surface area contributed by atoms with Crippen molar-refractivity contribution in [3.05, 3.63) is 58.6 Å². The van der Waals surface area contributed by atoms with Crippen molar-refractivity contribution in [1.29, 1.82) is 0 Å². The van der Waals surface area contributed by atoms with Gasteiger partial charge in [0.15, 0.2) is 17.3 Å². The molecule has 3 aromatic rings. The number of aromatic nitrogens is 3. The van der Waals surface area contributed by atoms with E-state index in [-0.39, 0.29) is 27.7 Å². The van der Waals surface area contributed by atoms with Crippen LogP contribution in [0.15, 0.2) is 36.5 Å². The van der Waals surface area contributed by atoms with Crippen LogP contribution in [0.4, 0.5) is 23.4 Å². The number of amides is 1. The van der Waals surface area contributed by atoms with Gasteiger partial charge >= 0.3 is 6.18 Å². The molecule has 28 heavy (non-hydrogen) atoms. The van der Waals surface area contributed by atoms with Crippen LogP contribution in [0.2, 0.25) is 5.02 Å². The number of carbonyl (C=O) groups is 1. The molecule has 0 atom stereocenters. The fraction of sp³-hybridized carbons (Fsp3) is 0.118.